The Morgan fingerprint density at radius 1 is 0.964 bits per heavy atom. The van der Waals surface area contributed by atoms with Crippen molar-refractivity contribution in [1.29, 1.82) is 0 Å². The molecular weight excluding hydrogens is 732 g/mol. The summed E-state index contributed by atoms with van der Waals surface area (Å²) >= 11 is 1.28. The molecule has 1 aliphatic heterocycles. The number of alkyl halides is 1. The highest BCUT2D eigenvalue weighted by Gasteiger charge is 2.40. The number of ketones is 2. The molecular formula is C41H48F3N5O5S. The van der Waals surface area contributed by atoms with E-state index >= 15 is 8.78 Å². The molecule has 3 atom stereocenters. The zero-order valence-corrected chi connectivity index (χ0v) is 32.1. The van der Waals surface area contributed by atoms with Gasteiger partial charge in [0.15, 0.2) is 11.6 Å². The van der Waals surface area contributed by atoms with Crippen molar-refractivity contribution in [2.24, 2.45) is 17.3 Å². The van der Waals surface area contributed by atoms with Gasteiger partial charge in [-0.25, -0.2) is 13.2 Å². The Balaban J connectivity index is 1.28. The lowest BCUT2D eigenvalue weighted by molar-refractivity contribution is -0.134. The van der Waals surface area contributed by atoms with Crippen LogP contribution in [0.15, 0.2) is 72.9 Å². The molecule has 3 N–H and O–H groups in total. The summed E-state index contributed by atoms with van der Waals surface area (Å²) in [5.74, 6) is -4.05. The van der Waals surface area contributed by atoms with Crippen molar-refractivity contribution < 1.29 is 37.1 Å². The molecule has 55 heavy (non-hydrogen) atoms. The summed E-state index contributed by atoms with van der Waals surface area (Å²) in [5.41, 5.74) is 1.61. The summed E-state index contributed by atoms with van der Waals surface area (Å²) in [4.78, 5) is 64.1. The van der Waals surface area contributed by atoms with E-state index in [2.05, 4.69) is 16.0 Å². The summed E-state index contributed by atoms with van der Waals surface area (Å²) in [6.07, 6.45) is 2.80. The van der Waals surface area contributed by atoms with Crippen molar-refractivity contribution in [2.45, 2.75) is 52.4 Å². The zero-order valence-electron chi connectivity index (χ0n) is 31.3. The fraction of sp³-hybridized carbons (Fsp3) is 0.439. The average Bonchev–Trinajstić information content (AvgIpc) is 3.83. The third kappa shape index (κ3) is 11.2. The summed E-state index contributed by atoms with van der Waals surface area (Å²) in [7, 11) is 0. The van der Waals surface area contributed by atoms with Crippen molar-refractivity contribution in [3.8, 4) is 11.1 Å². The number of halogens is 3. The van der Waals surface area contributed by atoms with Gasteiger partial charge in [-0.2, -0.15) is 11.8 Å². The molecule has 0 radical (unpaired) electrons. The van der Waals surface area contributed by atoms with Crippen molar-refractivity contribution in [2.75, 3.05) is 44.2 Å². The van der Waals surface area contributed by atoms with E-state index in [0.717, 1.165) is 23.8 Å². The molecule has 1 fully saturated rings. The number of nitrogens with one attached hydrogen (secondary N) is 3. The molecule has 1 aromatic heterocycles. The highest BCUT2D eigenvalue weighted by Crippen LogP contribution is 2.42. The lowest BCUT2D eigenvalue weighted by atomic mass is 9.82. The van der Waals surface area contributed by atoms with Crippen LogP contribution >= 0.6 is 11.8 Å². The van der Waals surface area contributed by atoms with Gasteiger partial charge in [-0.05, 0) is 47.4 Å². The summed E-state index contributed by atoms with van der Waals surface area (Å²) < 4.78 is 46.6. The lowest BCUT2D eigenvalue weighted by Crippen LogP contribution is -2.46. The van der Waals surface area contributed by atoms with Crippen LogP contribution in [0, 0.1) is 28.9 Å². The molecule has 5 rings (SSSR count). The first-order valence-corrected chi connectivity index (χ1v) is 19.6. The van der Waals surface area contributed by atoms with Crippen molar-refractivity contribution in [3.05, 3.63) is 95.8 Å². The standard InChI is InChI=1S/C41H48F3N5O5S/c1-41(2,3)40(34-17-27(30-18-29(42)9-10-32(30)43)23-48(34)22-26-7-5-4-6-8-26)49(24-28-20-45-21-33(28)44)39(54)25-55-16-13-37(52)46-14-15-47-38(53)19-31-35(50)11-12-36(31)51/h4-12,17-18,23,28,31,33,40,45H,13-16,19-22,24-25H2,1-3H3,(H,46,52)(H,47,53)/t28-,33-,40?/m0/s1. The number of carbonyl (C=O) groups excluding carboxylic acids is 5. The minimum atomic E-state index is -1.16. The van der Waals surface area contributed by atoms with E-state index < -0.39 is 58.6 Å². The van der Waals surface area contributed by atoms with Gasteiger partial charge < -0.3 is 25.4 Å². The van der Waals surface area contributed by atoms with Gasteiger partial charge in [0, 0.05) is 86.8 Å². The molecule has 2 aromatic carbocycles. The Morgan fingerprint density at radius 3 is 2.31 bits per heavy atom. The van der Waals surface area contributed by atoms with Gasteiger partial charge in [-0.1, -0.05) is 51.1 Å². The Bertz CT molecular complexity index is 1880. The second-order valence-electron chi connectivity index (χ2n) is 15.0. The maximum Gasteiger partial charge on any atom is 0.233 e. The van der Waals surface area contributed by atoms with Gasteiger partial charge in [0.1, 0.15) is 17.8 Å². The number of carbonyl (C=O) groups is 5. The van der Waals surface area contributed by atoms with Crippen LogP contribution in [0.25, 0.3) is 11.1 Å². The van der Waals surface area contributed by atoms with Gasteiger partial charge >= 0.3 is 0 Å². The number of benzene rings is 2. The normalized spacial score (nSPS) is 17.8. The fourth-order valence-electron chi connectivity index (χ4n) is 6.99. The molecule has 2 heterocycles. The van der Waals surface area contributed by atoms with Crippen LogP contribution in [0.1, 0.15) is 50.9 Å². The Hall–Kier alpha value is -4.69. The summed E-state index contributed by atoms with van der Waals surface area (Å²) in [5, 5.41) is 8.38. The van der Waals surface area contributed by atoms with E-state index in [1.807, 2.05) is 55.7 Å². The predicted molar refractivity (Wildman–Crippen MR) is 206 cm³/mol. The number of hydrogen-bond acceptors (Lipinski definition) is 7. The molecule has 294 valence electrons. The maximum atomic E-state index is 15.2. The first-order valence-electron chi connectivity index (χ1n) is 18.4. The summed E-state index contributed by atoms with van der Waals surface area (Å²) in [6, 6.07) is 14.2. The van der Waals surface area contributed by atoms with Gasteiger partial charge in [-0.3, -0.25) is 24.0 Å². The second kappa shape index (κ2) is 18.8. The molecule has 2 aliphatic rings. The van der Waals surface area contributed by atoms with E-state index in [4.69, 9.17) is 0 Å². The van der Waals surface area contributed by atoms with Crippen LogP contribution in [0.5, 0.6) is 0 Å². The smallest absolute Gasteiger partial charge is 0.233 e. The molecule has 0 saturated carbocycles. The third-order valence-electron chi connectivity index (χ3n) is 9.74. The van der Waals surface area contributed by atoms with Crippen LogP contribution in [-0.4, -0.2) is 89.2 Å². The van der Waals surface area contributed by atoms with Crippen LogP contribution < -0.4 is 16.0 Å². The van der Waals surface area contributed by atoms with E-state index in [9.17, 15) is 28.4 Å². The fourth-order valence-corrected chi connectivity index (χ4v) is 7.81. The number of amides is 3. The van der Waals surface area contributed by atoms with Gasteiger partial charge in [0.05, 0.1) is 17.7 Å². The summed E-state index contributed by atoms with van der Waals surface area (Å²) in [6.45, 7) is 7.34. The average molecular weight is 780 g/mol. The molecule has 14 heteroatoms. The number of hydrogen-bond donors (Lipinski definition) is 3. The zero-order chi connectivity index (χ0) is 39.7. The quantitative estimate of drug-likeness (QED) is 0.130. The molecule has 10 nitrogen and oxygen atoms in total. The van der Waals surface area contributed by atoms with Crippen LogP contribution in [0.2, 0.25) is 0 Å². The first kappa shape index (κ1) is 41.5. The first-order chi connectivity index (χ1) is 26.2. The van der Waals surface area contributed by atoms with Gasteiger partial charge in [0.2, 0.25) is 17.7 Å². The largest absolute Gasteiger partial charge is 0.354 e. The van der Waals surface area contributed by atoms with Crippen molar-refractivity contribution in [3.63, 3.8) is 0 Å². The van der Waals surface area contributed by atoms with Crippen LogP contribution in [0.4, 0.5) is 13.2 Å². The molecule has 0 spiro atoms. The minimum Gasteiger partial charge on any atom is -0.354 e. The molecule has 1 aliphatic carbocycles. The van der Waals surface area contributed by atoms with Crippen molar-refractivity contribution in [1.82, 2.24) is 25.4 Å². The van der Waals surface area contributed by atoms with Crippen LogP contribution in [0.3, 0.4) is 0 Å². The van der Waals surface area contributed by atoms with Gasteiger partial charge in [0.25, 0.3) is 0 Å². The second-order valence-corrected chi connectivity index (χ2v) is 16.1. The van der Waals surface area contributed by atoms with E-state index in [1.54, 1.807) is 17.2 Å². The van der Waals surface area contributed by atoms with E-state index in [-0.39, 0.29) is 62.2 Å². The third-order valence-corrected chi connectivity index (χ3v) is 10.7. The van der Waals surface area contributed by atoms with Gasteiger partial charge in [-0.15, -0.1) is 0 Å². The highest BCUT2D eigenvalue weighted by molar-refractivity contribution is 7.99. The maximum absolute atomic E-state index is 15.2. The van der Waals surface area contributed by atoms with E-state index in [0.29, 0.717) is 30.1 Å². The Labute approximate surface area is 323 Å². The minimum absolute atomic E-state index is 0.0191. The van der Waals surface area contributed by atoms with E-state index in [1.165, 1.54) is 23.9 Å². The highest BCUT2D eigenvalue weighted by atomic mass is 32.2. The molecule has 1 saturated heterocycles. The number of allylic oxidation sites excluding steroid dienone is 2. The number of thioether (sulfide) groups is 1. The number of aromatic nitrogens is 1. The SMILES string of the molecule is CC(C)(C)C(c1cc(-c2cc(F)ccc2F)cn1Cc1ccccc1)N(C[C@@H]1CNC[C@@H]1F)C(=O)CSCCC(=O)NCCNC(=O)CC1C(=O)C=CC1=O. The topological polar surface area (TPSA) is 130 Å². The monoisotopic (exact) mass is 779 g/mol. The molecule has 0 bridgehead atoms. The Morgan fingerprint density at radius 2 is 1.65 bits per heavy atom. The Kier molecular flexibility index (Phi) is 14.2. The molecule has 3 amide bonds. The molecule has 3 aromatic rings. The molecule has 1 unspecified atom stereocenters. The van der Waals surface area contributed by atoms with Crippen molar-refractivity contribution >= 4 is 41.0 Å². The lowest BCUT2D eigenvalue weighted by Gasteiger charge is -2.42. The number of rotatable bonds is 17. The predicted octanol–water partition coefficient (Wildman–Crippen LogP) is 5.02. The number of nitrogens with zero attached hydrogens (tertiary/aromatic N) is 2. The van der Waals surface area contributed by atoms with Crippen LogP contribution in [-0.2, 0) is 30.5 Å².